The molecule has 15 heavy (non-hydrogen) atoms. The fraction of sp³-hybridized carbons (Fsp3) is 0.800. The summed E-state index contributed by atoms with van der Waals surface area (Å²) in [6.07, 6.45) is 1.70. The minimum absolute atomic E-state index is 0.232. The molecule has 1 heterocycles. The van der Waals surface area contributed by atoms with Crippen molar-refractivity contribution in [1.29, 1.82) is 0 Å². The first-order valence-corrected chi connectivity index (χ1v) is 5.14. The van der Waals surface area contributed by atoms with Crippen molar-refractivity contribution in [3.63, 3.8) is 0 Å². The molecule has 0 saturated carbocycles. The SMILES string of the molecule is COC(C)C(=O)N1CCCC[C@@H]1C(=O)O. The van der Waals surface area contributed by atoms with Crippen molar-refractivity contribution in [3.05, 3.63) is 0 Å². The number of carboxylic acid groups (broad SMARTS) is 1. The molecule has 1 N–H and O–H groups in total. The van der Waals surface area contributed by atoms with Gasteiger partial charge in [0.05, 0.1) is 0 Å². The molecule has 1 saturated heterocycles. The number of hydrogen-bond acceptors (Lipinski definition) is 3. The second-order valence-corrected chi connectivity index (χ2v) is 3.76. The standard InChI is InChI=1S/C10H17NO4/c1-7(15-2)9(12)11-6-4-3-5-8(11)10(13)14/h7-8H,3-6H2,1-2H3,(H,13,14)/t7?,8-/m1/s1. The Labute approximate surface area is 89.0 Å². The van der Waals surface area contributed by atoms with Gasteiger partial charge in [0.25, 0.3) is 5.91 Å². The van der Waals surface area contributed by atoms with Crippen LogP contribution in [0, 0.1) is 0 Å². The van der Waals surface area contributed by atoms with E-state index in [4.69, 9.17) is 9.84 Å². The lowest BCUT2D eigenvalue weighted by atomic mass is 10.0. The van der Waals surface area contributed by atoms with Crippen LogP contribution in [-0.4, -0.2) is 47.7 Å². The summed E-state index contributed by atoms with van der Waals surface area (Å²) in [5, 5.41) is 8.98. The molecule has 5 heteroatoms. The second kappa shape index (κ2) is 5.11. The highest BCUT2D eigenvalue weighted by Crippen LogP contribution is 2.18. The summed E-state index contributed by atoms with van der Waals surface area (Å²) < 4.78 is 4.91. The Kier molecular flexibility index (Phi) is 4.08. The minimum atomic E-state index is -0.925. The molecule has 0 aromatic heterocycles. The minimum Gasteiger partial charge on any atom is -0.480 e. The zero-order valence-corrected chi connectivity index (χ0v) is 9.10. The van der Waals surface area contributed by atoms with Gasteiger partial charge in [-0.15, -0.1) is 0 Å². The molecule has 1 aliphatic rings. The van der Waals surface area contributed by atoms with Gasteiger partial charge >= 0.3 is 5.97 Å². The number of piperidine rings is 1. The highest BCUT2D eigenvalue weighted by atomic mass is 16.5. The van der Waals surface area contributed by atoms with Crippen molar-refractivity contribution in [2.75, 3.05) is 13.7 Å². The lowest BCUT2D eigenvalue weighted by Crippen LogP contribution is -2.51. The van der Waals surface area contributed by atoms with Gasteiger partial charge in [-0.3, -0.25) is 4.79 Å². The Morgan fingerprint density at radius 2 is 2.13 bits per heavy atom. The van der Waals surface area contributed by atoms with Crippen LogP contribution in [0.15, 0.2) is 0 Å². The molecular weight excluding hydrogens is 198 g/mol. The van der Waals surface area contributed by atoms with Gasteiger partial charge in [-0.25, -0.2) is 4.79 Å². The molecule has 5 nitrogen and oxygen atoms in total. The number of likely N-dealkylation sites (tertiary alicyclic amines) is 1. The van der Waals surface area contributed by atoms with E-state index in [1.54, 1.807) is 6.92 Å². The lowest BCUT2D eigenvalue weighted by molar-refractivity contribution is -0.156. The van der Waals surface area contributed by atoms with Crippen LogP contribution in [0.1, 0.15) is 26.2 Å². The average Bonchev–Trinajstić information content (AvgIpc) is 2.27. The highest BCUT2D eigenvalue weighted by Gasteiger charge is 2.33. The third kappa shape index (κ3) is 2.68. The smallest absolute Gasteiger partial charge is 0.326 e. The molecule has 1 rings (SSSR count). The molecule has 0 spiro atoms. The first kappa shape index (κ1) is 12.0. The van der Waals surface area contributed by atoms with Crippen molar-refractivity contribution >= 4 is 11.9 Å². The third-order valence-electron chi connectivity index (χ3n) is 2.77. The predicted molar refractivity (Wildman–Crippen MR) is 53.5 cm³/mol. The monoisotopic (exact) mass is 215 g/mol. The van der Waals surface area contributed by atoms with Crippen molar-refractivity contribution < 1.29 is 19.4 Å². The number of amides is 1. The number of carbonyl (C=O) groups is 2. The van der Waals surface area contributed by atoms with Crippen molar-refractivity contribution in [2.24, 2.45) is 0 Å². The summed E-state index contributed by atoms with van der Waals surface area (Å²) >= 11 is 0. The van der Waals surface area contributed by atoms with Crippen molar-refractivity contribution in [1.82, 2.24) is 4.90 Å². The van der Waals surface area contributed by atoms with E-state index in [1.807, 2.05) is 0 Å². The van der Waals surface area contributed by atoms with E-state index >= 15 is 0 Å². The Bertz CT molecular complexity index is 254. The fourth-order valence-corrected chi connectivity index (χ4v) is 1.79. The van der Waals surface area contributed by atoms with Crippen LogP contribution in [0.5, 0.6) is 0 Å². The summed E-state index contributed by atoms with van der Waals surface area (Å²) in [6, 6.07) is -0.677. The first-order chi connectivity index (χ1) is 7.07. The first-order valence-electron chi connectivity index (χ1n) is 5.14. The number of aliphatic carboxylic acids is 1. The van der Waals surface area contributed by atoms with E-state index in [-0.39, 0.29) is 5.91 Å². The Hall–Kier alpha value is -1.10. The second-order valence-electron chi connectivity index (χ2n) is 3.76. The molecule has 1 fully saturated rings. The molecule has 2 atom stereocenters. The predicted octanol–water partition coefficient (Wildman–Crippen LogP) is 0.487. The summed E-state index contributed by atoms with van der Waals surface area (Å²) in [4.78, 5) is 24.1. The molecule has 0 aromatic rings. The Balaban J connectivity index is 2.71. The fourth-order valence-electron chi connectivity index (χ4n) is 1.79. The van der Waals surface area contributed by atoms with Gasteiger partial charge in [-0.1, -0.05) is 0 Å². The third-order valence-corrected chi connectivity index (χ3v) is 2.77. The van der Waals surface area contributed by atoms with E-state index in [9.17, 15) is 9.59 Å². The normalized spacial score (nSPS) is 23.6. The summed E-state index contributed by atoms with van der Waals surface area (Å²) in [5.74, 6) is -1.16. The summed E-state index contributed by atoms with van der Waals surface area (Å²) in [5.41, 5.74) is 0. The molecule has 1 unspecified atom stereocenters. The van der Waals surface area contributed by atoms with Crippen LogP contribution in [0.2, 0.25) is 0 Å². The van der Waals surface area contributed by atoms with Gasteiger partial charge in [0.1, 0.15) is 12.1 Å². The van der Waals surface area contributed by atoms with E-state index in [0.29, 0.717) is 13.0 Å². The van der Waals surface area contributed by atoms with Crippen LogP contribution < -0.4 is 0 Å². The maximum absolute atomic E-state index is 11.8. The van der Waals surface area contributed by atoms with E-state index in [1.165, 1.54) is 12.0 Å². The van der Waals surface area contributed by atoms with Crippen molar-refractivity contribution in [2.45, 2.75) is 38.3 Å². The zero-order chi connectivity index (χ0) is 11.4. The zero-order valence-electron chi connectivity index (χ0n) is 9.10. The summed E-state index contributed by atoms with van der Waals surface area (Å²) in [6.45, 7) is 2.15. The van der Waals surface area contributed by atoms with E-state index < -0.39 is 18.1 Å². The van der Waals surface area contributed by atoms with Gasteiger partial charge in [-0.2, -0.15) is 0 Å². The topological polar surface area (TPSA) is 66.8 Å². The lowest BCUT2D eigenvalue weighted by Gasteiger charge is -2.34. The molecule has 1 aliphatic heterocycles. The van der Waals surface area contributed by atoms with Gasteiger partial charge < -0.3 is 14.7 Å². The molecule has 0 aromatic carbocycles. The maximum Gasteiger partial charge on any atom is 0.326 e. The van der Waals surface area contributed by atoms with Crippen LogP contribution in [0.25, 0.3) is 0 Å². The number of ether oxygens (including phenoxy) is 1. The quantitative estimate of drug-likeness (QED) is 0.744. The van der Waals surface area contributed by atoms with E-state index in [0.717, 1.165) is 12.8 Å². The number of rotatable bonds is 3. The molecule has 0 radical (unpaired) electrons. The van der Waals surface area contributed by atoms with Crippen LogP contribution in [0.4, 0.5) is 0 Å². The van der Waals surface area contributed by atoms with Gasteiger partial charge in [0.15, 0.2) is 0 Å². The number of carbonyl (C=O) groups excluding carboxylic acids is 1. The molecule has 0 bridgehead atoms. The Morgan fingerprint density at radius 1 is 1.47 bits per heavy atom. The number of carboxylic acids is 1. The molecule has 0 aliphatic carbocycles. The highest BCUT2D eigenvalue weighted by molar-refractivity contribution is 5.86. The number of nitrogens with zero attached hydrogens (tertiary/aromatic N) is 1. The largest absolute Gasteiger partial charge is 0.480 e. The average molecular weight is 215 g/mol. The molecule has 1 amide bonds. The van der Waals surface area contributed by atoms with Crippen LogP contribution >= 0.6 is 0 Å². The van der Waals surface area contributed by atoms with Gasteiger partial charge in [0.2, 0.25) is 0 Å². The van der Waals surface area contributed by atoms with Crippen LogP contribution in [0.3, 0.4) is 0 Å². The van der Waals surface area contributed by atoms with Gasteiger partial charge in [0, 0.05) is 13.7 Å². The molecule has 86 valence electrons. The Morgan fingerprint density at radius 3 is 2.67 bits per heavy atom. The number of hydrogen-bond donors (Lipinski definition) is 1. The summed E-state index contributed by atoms with van der Waals surface area (Å²) in [7, 11) is 1.45. The van der Waals surface area contributed by atoms with Gasteiger partial charge in [-0.05, 0) is 26.2 Å². The van der Waals surface area contributed by atoms with Crippen LogP contribution in [-0.2, 0) is 14.3 Å². The molecular formula is C10H17NO4. The number of methoxy groups -OCH3 is 1. The maximum atomic E-state index is 11.8. The van der Waals surface area contributed by atoms with E-state index in [2.05, 4.69) is 0 Å². The van der Waals surface area contributed by atoms with Crippen molar-refractivity contribution in [3.8, 4) is 0 Å².